The van der Waals surface area contributed by atoms with Gasteiger partial charge in [-0.15, -0.1) is 11.3 Å². The van der Waals surface area contributed by atoms with Gasteiger partial charge in [0.05, 0.1) is 25.8 Å². The van der Waals surface area contributed by atoms with Crippen LogP contribution in [0.1, 0.15) is 40.0 Å². The van der Waals surface area contributed by atoms with E-state index in [-0.39, 0.29) is 31.3 Å². The van der Waals surface area contributed by atoms with Crippen LogP contribution in [-0.4, -0.2) is 42.1 Å². The predicted octanol–water partition coefficient (Wildman–Crippen LogP) is 2.78. The van der Waals surface area contributed by atoms with Gasteiger partial charge < -0.3 is 20.1 Å². The van der Waals surface area contributed by atoms with Gasteiger partial charge in [0.25, 0.3) is 0 Å². The average Bonchev–Trinajstić information content (AvgIpc) is 3.08. The Balaban J connectivity index is 1.69. The maximum Gasteiger partial charge on any atom is 0.225 e. The quantitative estimate of drug-likeness (QED) is 0.707. The van der Waals surface area contributed by atoms with Crippen LogP contribution < -0.4 is 10.1 Å². The average molecular weight is 428 g/mol. The van der Waals surface area contributed by atoms with Crippen molar-refractivity contribution >= 4 is 28.2 Å². The van der Waals surface area contributed by atoms with Crippen molar-refractivity contribution in [1.29, 1.82) is 5.26 Å². The number of nitriles is 1. The molecule has 0 spiro atoms. The lowest BCUT2D eigenvalue weighted by Gasteiger charge is -2.26. The van der Waals surface area contributed by atoms with Gasteiger partial charge in [0.15, 0.2) is 0 Å². The minimum atomic E-state index is -0.177. The van der Waals surface area contributed by atoms with Gasteiger partial charge >= 0.3 is 0 Å². The summed E-state index contributed by atoms with van der Waals surface area (Å²) in [5, 5.41) is 22.0. The van der Waals surface area contributed by atoms with E-state index in [1.54, 1.807) is 12.0 Å². The maximum atomic E-state index is 12.6. The molecule has 0 saturated carbocycles. The highest BCUT2D eigenvalue weighted by Gasteiger charge is 2.27. The van der Waals surface area contributed by atoms with Crippen LogP contribution in [0.15, 0.2) is 18.2 Å². The molecule has 8 heteroatoms. The highest BCUT2D eigenvalue weighted by molar-refractivity contribution is 7.16. The minimum Gasteiger partial charge on any atom is -0.496 e. The van der Waals surface area contributed by atoms with Crippen molar-refractivity contribution in [2.24, 2.45) is 0 Å². The molecule has 3 rings (SSSR count). The lowest BCUT2D eigenvalue weighted by molar-refractivity contribution is -0.132. The van der Waals surface area contributed by atoms with Crippen LogP contribution >= 0.6 is 11.3 Å². The standard InChI is InChI=1S/C22H25N3O4S/c1-14-3-5-18(29-2)15(11-14)4-6-20(27)24-22-17(12-23)16-7-9-25(13-19(16)30-22)21(28)8-10-26/h3,5,11,26H,4,6-10,13H2,1-2H3,(H,24,27). The number of hydrogen-bond acceptors (Lipinski definition) is 6. The first kappa shape index (κ1) is 21.8. The van der Waals surface area contributed by atoms with Crippen molar-refractivity contribution in [2.45, 2.75) is 39.2 Å². The van der Waals surface area contributed by atoms with E-state index in [0.29, 0.717) is 36.5 Å². The molecule has 30 heavy (non-hydrogen) atoms. The minimum absolute atomic E-state index is 0.0951. The van der Waals surface area contributed by atoms with Gasteiger partial charge in [0.1, 0.15) is 16.8 Å². The van der Waals surface area contributed by atoms with Gasteiger partial charge in [-0.3, -0.25) is 9.59 Å². The Morgan fingerprint density at radius 2 is 2.17 bits per heavy atom. The van der Waals surface area contributed by atoms with Gasteiger partial charge in [-0.2, -0.15) is 5.26 Å². The number of carbonyl (C=O) groups is 2. The molecule has 0 radical (unpaired) electrons. The van der Waals surface area contributed by atoms with Crippen molar-refractivity contribution in [2.75, 3.05) is 25.6 Å². The van der Waals surface area contributed by atoms with Crippen LogP contribution in [0.4, 0.5) is 5.00 Å². The van der Waals surface area contributed by atoms with Gasteiger partial charge in [0.2, 0.25) is 11.8 Å². The first-order chi connectivity index (χ1) is 14.5. The molecule has 1 aromatic carbocycles. The molecule has 0 atom stereocenters. The van der Waals surface area contributed by atoms with E-state index in [1.807, 2.05) is 25.1 Å². The number of anilines is 1. The molecule has 2 aromatic rings. The highest BCUT2D eigenvalue weighted by Crippen LogP contribution is 2.37. The molecule has 7 nitrogen and oxygen atoms in total. The number of fused-ring (bicyclic) bond motifs is 1. The number of aryl methyl sites for hydroxylation is 2. The molecule has 158 valence electrons. The summed E-state index contributed by atoms with van der Waals surface area (Å²) < 4.78 is 5.37. The maximum absolute atomic E-state index is 12.6. The number of nitrogens with one attached hydrogen (secondary N) is 1. The van der Waals surface area contributed by atoms with Crippen LogP contribution in [0.5, 0.6) is 5.75 Å². The van der Waals surface area contributed by atoms with Crippen LogP contribution in [0, 0.1) is 18.3 Å². The molecular formula is C22H25N3O4S. The van der Waals surface area contributed by atoms with Gasteiger partial charge in [-0.25, -0.2) is 0 Å². The summed E-state index contributed by atoms with van der Waals surface area (Å²) in [6.07, 6.45) is 1.47. The molecule has 1 aliphatic rings. The Morgan fingerprint density at radius 3 is 2.87 bits per heavy atom. The zero-order valence-electron chi connectivity index (χ0n) is 17.2. The molecule has 0 aliphatic carbocycles. The number of rotatable bonds is 7. The number of hydrogen-bond donors (Lipinski definition) is 2. The molecule has 0 bridgehead atoms. The number of aliphatic hydroxyl groups excluding tert-OH is 1. The van der Waals surface area contributed by atoms with Crippen LogP contribution in [0.25, 0.3) is 0 Å². The fraction of sp³-hybridized carbons (Fsp3) is 0.409. The number of thiophene rings is 1. The van der Waals surface area contributed by atoms with Gasteiger partial charge in [-0.1, -0.05) is 17.7 Å². The Morgan fingerprint density at radius 1 is 1.37 bits per heavy atom. The fourth-order valence-electron chi connectivity index (χ4n) is 3.62. The largest absolute Gasteiger partial charge is 0.496 e. The SMILES string of the molecule is COc1ccc(C)cc1CCC(=O)Nc1sc2c(c1C#N)CCN(C(=O)CCO)C2. The number of aliphatic hydroxyl groups is 1. The third-order valence-corrected chi connectivity index (χ3v) is 6.29. The number of benzene rings is 1. The lowest BCUT2D eigenvalue weighted by Crippen LogP contribution is -2.35. The first-order valence-electron chi connectivity index (χ1n) is 9.83. The normalized spacial score (nSPS) is 12.8. The van der Waals surface area contributed by atoms with Gasteiger partial charge in [0, 0.05) is 24.3 Å². The zero-order valence-corrected chi connectivity index (χ0v) is 18.0. The van der Waals surface area contributed by atoms with E-state index < -0.39 is 0 Å². The number of ether oxygens (including phenoxy) is 1. The smallest absolute Gasteiger partial charge is 0.225 e. The Bertz CT molecular complexity index is 993. The van der Waals surface area contributed by atoms with Gasteiger partial charge in [-0.05, 0) is 37.0 Å². The van der Waals surface area contributed by atoms with Crippen molar-refractivity contribution in [3.8, 4) is 11.8 Å². The van der Waals surface area contributed by atoms with Crippen molar-refractivity contribution < 1.29 is 19.4 Å². The summed E-state index contributed by atoms with van der Waals surface area (Å²) in [4.78, 5) is 27.2. The summed E-state index contributed by atoms with van der Waals surface area (Å²) in [7, 11) is 1.61. The summed E-state index contributed by atoms with van der Waals surface area (Å²) >= 11 is 1.35. The predicted molar refractivity (Wildman–Crippen MR) is 115 cm³/mol. The summed E-state index contributed by atoms with van der Waals surface area (Å²) in [6.45, 7) is 2.73. The van der Waals surface area contributed by atoms with Crippen molar-refractivity contribution in [3.63, 3.8) is 0 Å². The molecule has 2 heterocycles. The number of methoxy groups -OCH3 is 1. The third kappa shape index (κ3) is 4.81. The molecule has 1 aliphatic heterocycles. The van der Waals surface area contributed by atoms with Crippen LogP contribution in [0.3, 0.4) is 0 Å². The fourth-order valence-corrected chi connectivity index (χ4v) is 4.85. The monoisotopic (exact) mass is 427 g/mol. The summed E-state index contributed by atoms with van der Waals surface area (Å²) in [5.74, 6) is 0.486. The van der Waals surface area contributed by atoms with E-state index in [1.165, 1.54) is 11.3 Å². The van der Waals surface area contributed by atoms with E-state index in [9.17, 15) is 14.9 Å². The molecule has 2 N–H and O–H groups in total. The molecule has 2 amide bonds. The van der Waals surface area contributed by atoms with E-state index >= 15 is 0 Å². The van der Waals surface area contributed by atoms with Crippen molar-refractivity contribution in [3.05, 3.63) is 45.3 Å². The number of amides is 2. The second kappa shape index (κ2) is 9.74. The Hall–Kier alpha value is -2.89. The zero-order chi connectivity index (χ0) is 21.7. The molecular weight excluding hydrogens is 402 g/mol. The third-order valence-electron chi connectivity index (χ3n) is 5.16. The Labute approximate surface area is 179 Å². The number of nitrogens with zero attached hydrogens (tertiary/aromatic N) is 2. The lowest BCUT2D eigenvalue weighted by atomic mass is 10.0. The molecule has 0 unspecified atom stereocenters. The topological polar surface area (TPSA) is 103 Å². The van der Waals surface area contributed by atoms with Crippen LogP contribution in [-0.2, 0) is 29.0 Å². The van der Waals surface area contributed by atoms with E-state index in [2.05, 4.69) is 11.4 Å². The molecule has 0 saturated heterocycles. The molecule has 1 aromatic heterocycles. The number of carbonyl (C=O) groups excluding carboxylic acids is 2. The van der Waals surface area contributed by atoms with E-state index in [0.717, 1.165) is 27.3 Å². The Kier molecular flexibility index (Phi) is 7.08. The van der Waals surface area contributed by atoms with Crippen LogP contribution in [0.2, 0.25) is 0 Å². The second-order valence-electron chi connectivity index (χ2n) is 7.22. The second-order valence-corrected chi connectivity index (χ2v) is 8.33. The highest BCUT2D eigenvalue weighted by atomic mass is 32.1. The van der Waals surface area contributed by atoms with E-state index in [4.69, 9.17) is 9.84 Å². The molecule has 0 fully saturated rings. The summed E-state index contributed by atoms with van der Waals surface area (Å²) in [6, 6.07) is 8.08. The first-order valence-corrected chi connectivity index (χ1v) is 10.6. The summed E-state index contributed by atoms with van der Waals surface area (Å²) in [5.41, 5.74) is 3.47. The van der Waals surface area contributed by atoms with Crippen molar-refractivity contribution in [1.82, 2.24) is 4.90 Å².